The van der Waals surface area contributed by atoms with Gasteiger partial charge in [0.1, 0.15) is 6.61 Å². The quantitative estimate of drug-likeness (QED) is 0.594. The van der Waals surface area contributed by atoms with Crippen molar-refractivity contribution < 1.29 is 9.53 Å². The number of carbonyl (C=O) groups is 1. The van der Waals surface area contributed by atoms with Crippen molar-refractivity contribution in [2.75, 3.05) is 27.2 Å². The van der Waals surface area contributed by atoms with Gasteiger partial charge in [0.25, 0.3) is 0 Å². The molecule has 2 aromatic rings. The molecule has 0 saturated heterocycles. The highest BCUT2D eigenvalue weighted by Gasteiger charge is 1.99. The molecule has 0 heterocycles. The minimum atomic E-state index is -0.311. The zero-order valence-electron chi connectivity index (χ0n) is 13.4. The lowest BCUT2D eigenvalue weighted by Crippen LogP contribution is -2.19. The molecule has 0 N–H and O–H groups in total. The molecule has 23 heavy (non-hydrogen) atoms. The van der Waals surface area contributed by atoms with Gasteiger partial charge in [0.2, 0.25) is 0 Å². The van der Waals surface area contributed by atoms with E-state index < -0.39 is 0 Å². The number of benzene rings is 2. The topological polar surface area (TPSA) is 29.5 Å². The fourth-order valence-electron chi connectivity index (χ4n) is 1.96. The van der Waals surface area contributed by atoms with Crippen LogP contribution in [0.4, 0.5) is 0 Å². The third kappa shape index (κ3) is 6.68. The number of ether oxygens (including phenoxy) is 1. The molecule has 0 aliphatic rings. The first-order valence-electron chi connectivity index (χ1n) is 7.30. The lowest BCUT2D eigenvalue weighted by molar-refractivity contribution is -0.137. The van der Waals surface area contributed by atoms with Crippen LogP contribution in [0.2, 0.25) is 0 Å². The van der Waals surface area contributed by atoms with Gasteiger partial charge in [-0.2, -0.15) is 0 Å². The summed E-state index contributed by atoms with van der Waals surface area (Å²) >= 11 is 0. The van der Waals surface area contributed by atoms with E-state index in [0.717, 1.165) is 17.7 Å². The highest BCUT2D eigenvalue weighted by Crippen LogP contribution is 2.19. The molecule has 0 saturated carbocycles. The summed E-state index contributed by atoms with van der Waals surface area (Å²) < 4.78 is 5.10. The van der Waals surface area contributed by atoms with E-state index in [0.29, 0.717) is 6.61 Å². The Balaban J connectivity index is 0.00000264. The SMILES string of the molecule is CN(C)CCOC(=O)/C=C\c1ccc(-c2ccccc2)cc1.Cl. The van der Waals surface area contributed by atoms with E-state index in [1.54, 1.807) is 6.08 Å². The standard InChI is InChI=1S/C19H21NO2.ClH/c1-20(2)14-15-22-19(21)13-10-16-8-11-18(12-9-16)17-6-4-3-5-7-17;/h3-13H,14-15H2,1-2H3;1H/b13-10-;. The molecule has 0 amide bonds. The second kappa shape index (κ2) is 9.82. The molecule has 0 fully saturated rings. The molecule has 0 spiro atoms. The third-order valence-electron chi connectivity index (χ3n) is 3.21. The molecule has 0 radical (unpaired) electrons. The molecule has 2 aromatic carbocycles. The predicted octanol–water partition coefficient (Wildman–Crippen LogP) is 3.89. The molecule has 3 nitrogen and oxygen atoms in total. The van der Waals surface area contributed by atoms with Crippen molar-refractivity contribution in [1.82, 2.24) is 4.90 Å². The number of rotatable bonds is 6. The minimum Gasteiger partial charge on any atom is -0.461 e. The van der Waals surface area contributed by atoms with Crippen molar-refractivity contribution in [2.45, 2.75) is 0 Å². The second-order valence-corrected chi connectivity index (χ2v) is 5.29. The average molecular weight is 332 g/mol. The van der Waals surface area contributed by atoms with Crippen molar-refractivity contribution >= 4 is 24.5 Å². The van der Waals surface area contributed by atoms with Gasteiger partial charge in [0, 0.05) is 12.6 Å². The molecule has 0 atom stereocenters. The van der Waals surface area contributed by atoms with Gasteiger partial charge in [0.15, 0.2) is 0 Å². The first-order chi connectivity index (χ1) is 10.6. The minimum absolute atomic E-state index is 0. The van der Waals surface area contributed by atoms with E-state index >= 15 is 0 Å². The Bertz CT molecular complexity index is 622. The van der Waals surface area contributed by atoms with E-state index in [2.05, 4.69) is 12.1 Å². The van der Waals surface area contributed by atoms with Gasteiger partial charge >= 0.3 is 5.97 Å². The summed E-state index contributed by atoms with van der Waals surface area (Å²) in [5, 5.41) is 0. The predicted molar refractivity (Wildman–Crippen MR) is 97.7 cm³/mol. The number of halogens is 1. The van der Waals surface area contributed by atoms with E-state index in [1.165, 1.54) is 11.6 Å². The highest BCUT2D eigenvalue weighted by molar-refractivity contribution is 5.87. The van der Waals surface area contributed by atoms with E-state index in [-0.39, 0.29) is 18.4 Å². The Kier molecular flexibility index (Phi) is 8.09. The fraction of sp³-hybridized carbons (Fsp3) is 0.211. The summed E-state index contributed by atoms with van der Waals surface area (Å²) in [5.74, 6) is -0.311. The summed E-state index contributed by atoms with van der Waals surface area (Å²) in [4.78, 5) is 13.5. The number of likely N-dealkylation sites (N-methyl/N-ethyl adjacent to an activating group) is 1. The first-order valence-corrected chi connectivity index (χ1v) is 7.30. The van der Waals surface area contributed by atoms with Crippen LogP contribution in [0.3, 0.4) is 0 Å². The molecule has 0 unspecified atom stereocenters. The van der Waals surface area contributed by atoms with Crippen LogP contribution in [0.5, 0.6) is 0 Å². The Morgan fingerprint density at radius 2 is 1.61 bits per heavy atom. The molecule has 0 aliphatic carbocycles. The molecule has 0 aromatic heterocycles. The van der Waals surface area contributed by atoms with Crippen LogP contribution in [0.25, 0.3) is 17.2 Å². The highest BCUT2D eigenvalue weighted by atomic mass is 35.5. The lowest BCUT2D eigenvalue weighted by atomic mass is 10.0. The zero-order valence-corrected chi connectivity index (χ0v) is 14.3. The number of nitrogens with zero attached hydrogens (tertiary/aromatic N) is 1. The van der Waals surface area contributed by atoms with Crippen molar-refractivity contribution in [1.29, 1.82) is 0 Å². The Morgan fingerprint density at radius 3 is 2.22 bits per heavy atom. The normalized spacial score (nSPS) is 10.6. The second-order valence-electron chi connectivity index (χ2n) is 5.29. The van der Waals surface area contributed by atoms with Gasteiger partial charge in [-0.1, -0.05) is 54.6 Å². The lowest BCUT2D eigenvalue weighted by Gasteiger charge is -2.08. The van der Waals surface area contributed by atoms with Gasteiger partial charge < -0.3 is 9.64 Å². The van der Waals surface area contributed by atoms with Gasteiger partial charge in [-0.25, -0.2) is 4.79 Å². The van der Waals surface area contributed by atoms with E-state index in [1.807, 2.05) is 61.5 Å². The Morgan fingerprint density at radius 1 is 1.00 bits per heavy atom. The van der Waals surface area contributed by atoms with Crippen LogP contribution in [0.15, 0.2) is 60.7 Å². The van der Waals surface area contributed by atoms with Crippen molar-refractivity contribution in [3.8, 4) is 11.1 Å². The number of esters is 1. The van der Waals surface area contributed by atoms with E-state index in [4.69, 9.17) is 4.74 Å². The maximum absolute atomic E-state index is 11.6. The average Bonchev–Trinajstić information content (AvgIpc) is 2.54. The molecule has 0 bridgehead atoms. The number of hydrogen-bond donors (Lipinski definition) is 0. The van der Waals surface area contributed by atoms with Gasteiger partial charge in [-0.05, 0) is 36.9 Å². The van der Waals surface area contributed by atoms with Crippen LogP contribution in [-0.4, -0.2) is 38.1 Å². The zero-order chi connectivity index (χ0) is 15.8. The summed E-state index contributed by atoms with van der Waals surface area (Å²) in [6, 6.07) is 18.3. The first kappa shape index (κ1) is 18.9. The molecule has 122 valence electrons. The molecule has 4 heteroatoms. The largest absolute Gasteiger partial charge is 0.461 e. The molecule has 0 aliphatic heterocycles. The monoisotopic (exact) mass is 331 g/mol. The maximum atomic E-state index is 11.6. The van der Waals surface area contributed by atoms with Crippen LogP contribution in [-0.2, 0) is 9.53 Å². The van der Waals surface area contributed by atoms with Crippen molar-refractivity contribution in [3.05, 3.63) is 66.2 Å². The Hall–Kier alpha value is -2.10. The third-order valence-corrected chi connectivity index (χ3v) is 3.21. The van der Waals surface area contributed by atoms with Gasteiger partial charge in [0.05, 0.1) is 0 Å². The number of hydrogen-bond acceptors (Lipinski definition) is 3. The van der Waals surface area contributed by atoms with Gasteiger partial charge in [-0.15, -0.1) is 12.4 Å². The van der Waals surface area contributed by atoms with Crippen LogP contribution < -0.4 is 0 Å². The van der Waals surface area contributed by atoms with Crippen LogP contribution in [0.1, 0.15) is 5.56 Å². The Labute approximate surface area is 144 Å². The summed E-state index contributed by atoms with van der Waals surface area (Å²) in [6.45, 7) is 1.13. The van der Waals surface area contributed by atoms with Crippen LogP contribution >= 0.6 is 12.4 Å². The smallest absolute Gasteiger partial charge is 0.330 e. The van der Waals surface area contributed by atoms with Crippen molar-refractivity contribution in [3.63, 3.8) is 0 Å². The fourth-order valence-corrected chi connectivity index (χ4v) is 1.96. The van der Waals surface area contributed by atoms with Crippen LogP contribution in [0, 0.1) is 0 Å². The number of carbonyl (C=O) groups excluding carboxylic acids is 1. The molecule has 2 rings (SSSR count). The van der Waals surface area contributed by atoms with E-state index in [9.17, 15) is 4.79 Å². The summed E-state index contributed by atoms with van der Waals surface area (Å²) in [6.07, 6.45) is 3.24. The maximum Gasteiger partial charge on any atom is 0.330 e. The van der Waals surface area contributed by atoms with Gasteiger partial charge in [-0.3, -0.25) is 0 Å². The van der Waals surface area contributed by atoms with Crippen molar-refractivity contribution in [2.24, 2.45) is 0 Å². The molecular formula is C19H22ClNO2. The molecular weight excluding hydrogens is 310 g/mol. The summed E-state index contributed by atoms with van der Waals surface area (Å²) in [7, 11) is 3.88. The summed E-state index contributed by atoms with van der Waals surface area (Å²) in [5.41, 5.74) is 3.32.